The van der Waals surface area contributed by atoms with Crippen LogP contribution in [0.25, 0.3) is 0 Å². The first-order chi connectivity index (χ1) is 14.7. The molecule has 0 aromatic rings. The lowest BCUT2D eigenvalue weighted by Crippen LogP contribution is -2.69. The Kier molecular flexibility index (Phi) is 5.02. The summed E-state index contributed by atoms with van der Waals surface area (Å²) in [7, 11) is 0. The van der Waals surface area contributed by atoms with E-state index in [9.17, 15) is 10.2 Å². The number of hydrogen-bond donors (Lipinski definition) is 2. The van der Waals surface area contributed by atoms with Crippen LogP contribution in [0, 0.1) is 56.7 Å². The maximum atomic E-state index is 11.7. The Balaban J connectivity index is 1.57. The maximum Gasteiger partial charge on any atom is 0.0605 e. The van der Waals surface area contributed by atoms with Crippen molar-refractivity contribution in [2.45, 2.75) is 119 Å². The van der Waals surface area contributed by atoms with Crippen molar-refractivity contribution < 1.29 is 10.2 Å². The SMILES string of the molecule is CC1=CC[C@]2(C)C(O)C[C@]3(C)[C@H](CC[C@@H]4[C@@]5(C)CCC(O)C(C)(C)[C@@H]5CC[C@]43C)[C@@H]2[C@H]1C. The minimum atomic E-state index is -0.203. The molecule has 2 unspecified atom stereocenters. The molecule has 0 heterocycles. The van der Waals surface area contributed by atoms with Crippen LogP contribution in [-0.2, 0) is 0 Å². The molecule has 0 spiro atoms. The Morgan fingerprint density at radius 2 is 1.47 bits per heavy atom. The average molecular weight is 443 g/mol. The monoisotopic (exact) mass is 442 g/mol. The van der Waals surface area contributed by atoms with Gasteiger partial charge in [-0.1, -0.05) is 60.1 Å². The fourth-order valence-electron chi connectivity index (χ4n) is 11.3. The highest BCUT2D eigenvalue weighted by Gasteiger charge is 2.70. The van der Waals surface area contributed by atoms with Crippen molar-refractivity contribution in [1.29, 1.82) is 0 Å². The second-order valence-electron chi connectivity index (χ2n) is 14.7. The van der Waals surface area contributed by atoms with Crippen LogP contribution in [0.15, 0.2) is 11.6 Å². The van der Waals surface area contributed by atoms with Crippen molar-refractivity contribution in [2.24, 2.45) is 56.7 Å². The topological polar surface area (TPSA) is 40.5 Å². The van der Waals surface area contributed by atoms with Crippen LogP contribution in [0.3, 0.4) is 0 Å². The second-order valence-corrected chi connectivity index (χ2v) is 14.7. The van der Waals surface area contributed by atoms with Crippen molar-refractivity contribution in [3.05, 3.63) is 11.6 Å². The van der Waals surface area contributed by atoms with Gasteiger partial charge in [0.2, 0.25) is 0 Å². The summed E-state index contributed by atoms with van der Waals surface area (Å²) >= 11 is 0. The molecule has 0 bridgehead atoms. The van der Waals surface area contributed by atoms with Crippen molar-refractivity contribution in [2.75, 3.05) is 0 Å². The van der Waals surface area contributed by atoms with Crippen LogP contribution in [0.4, 0.5) is 0 Å². The van der Waals surface area contributed by atoms with Crippen molar-refractivity contribution in [3.8, 4) is 0 Å². The average Bonchev–Trinajstić information content (AvgIpc) is 2.70. The molecule has 0 aromatic carbocycles. The third-order valence-corrected chi connectivity index (χ3v) is 13.6. The summed E-state index contributed by atoms with van der Waals surface area (Å²) in [5, 5.41) is 22.6. The number of allylic oxidation sites excluding steroid dienone is 2. The summed E-state index contributed by atoms with van der Waals surface area (Å²) in [5.41, 5.74) is 2.37. The van der Waals surface area contributed by atoms with Gasteiger partial charge in [0.05, 0.1) is 12.2 Å². The molecule has 4 fully saturated rings. The van der Waals surface area contributed by atoms with E-state index >= 15 is 0 Å². The van der Waals surface area contributed by atoms with E-state index in [1.807, 2.05) is 0 Å². The van der Waals surface area contributed by atoms with Crippen LogP contribution in [0.5, 0.6) is 0 Å². The maximum absolute atomic E-state index is 11.7. The summed E-state index contributed by atoms with van der Waals surface area (Å²) in [5.74, 6) is 3.18. The van der Waals surface area contributed by atoms with E-state index < -0.39 is 0 Å². The van der Waals surface area contributed by atoms with Crippen LogP contribution in [-0.4, -0.2) is 22.4 Å². The molecule has 5 aliphatic rings. The Morgan fingerprint density at radius 3 is 2.16 bits per heavy atom. The molecule has 182 valence electrons. The fraction of sp³-hybridized carbons (Fsp3) is 0.933. The van der Waals surface area contributed by atoms with Crippen molar-refractivity contribution in [3.63, 3.8) is 0 Å². The van der Waals surface area contributed by atoms with E-state index in [2.05, 4.69) is 61.5 Å². The van der Waals surface area contributed by atoms with E-state index in [1.54, 1.807) is 5.57 Å². The molecule has 5 aliphatic carbocycles. The molecular weight excluding hydrogens is 392 g/mol. The number of rotatable bonds is 0. The Hall–Kier alpha value is -0.340. The highest BCUT2D eigenvalue weighted by molar-refractivity contribution is 5.24. The van der Waals surface area contributed by atoms with Gasteiger partial charge in [-0.2, -0.15) is 0 Å². The summed E-state index contributed by atoms with van der Waals surface area (Å²) in [6, 6.07) is 0. The molecule has 11 atom stereocenters. The van der Waals surface area contributed by atoms with Gasteiger partial charge < -0.3 is 10.2 Å². The van der Waals surface area contributed by atoms with Crippen molar-refractivity contribution >= 4 is 0 Å². The molecule has 4 saturated carbocycles. The molecule has 0 amide bonds. The Morgan fingerprint density at radius 1 is 0.781 bits per heavy atom. The first-order valence-corrected chi connectivity index (χ1v) is 13.8. The second kappa shape index (κ2) is 6.87. The summed E-state index contributed by atoms with van der Waals surface area (Å²) in [6.07, 6.45) is 11.4. The number of aliphatic hydroxyl groups excluding tert-OH is 2. The van der Waals surface area contributed by atoms with E-state index in [-0.39, 0.29) is 33.9 Å². The van der Waals surface area contributed by atoms with Crippen molar-refractivity contribution in [1.82, 2.24) is 0 Å². The number of aliphatic hydroxyl groups is 2. The normalized spacial score (nSPS) is 59.2. The van der Waals surface area contributed by atoms with Gasteiger partial charge in [0.25, 0.3) is 0 Å². The minimum Gasteiger partial charge on any atom is -0.393 e. The standard InChI is InChI=1S/C30H50O2/c1-18-11-14-28(6)24(32)17-30(8)20(25(28)19(18)2)9-10-22-27(5)15-13-23(31)26(3,4)21(27)12-16-29(22,30)7/h11,19-25,31-32H,9-10,12-17H2,1-8H3/t19-,20+,21-,22+,23?,24?,25-,27-,28+,29+,30+/m0/s1. The van der Waals surface area contributed by atoms with Crippen LogP contribution in [0.1, 0.15) is 107 Å². The number of hydrogen-bond acceptors (Lipinski definition) is 2. The third kappa shape index (κ3) is 2.61. The largest absolute Gasteiger partial charge is 0.393 e. The van der Waals surface area contributed by atoms with Gasteiger partial charge in [0.1, 0.15) is 0 Å². The molecule has 0 aromatic heterocycles. The highest BCUT2D eigenvalue weighted by atomic mass is 16.3. The van der Waals surface area contributed by atoms with Crippen LogP contribution < -0.4 is 0 Å². The zero-order valence-corrected chi connectivity index (χ0v) is 22.2. The molecule has 2 heteroatoms. The lowest BCUT2D eigenvalue weighted by Gasteiger charge is -2.74. The zero-order chi connectivity index (χ0) is 23.5. The molecule has 0 aliphatic heterocycles. The molecule has 2 N–H and O–H groups in total. The zero-order valence-electron chi connectivity index (χ0n) is 22.2. The van der Waals surface area contributed by atoms with Gasteiger partial charge in [-0.3, -0.25) is 0 Å². The molecule has 5 rings (SSSR count). The van der Waals surface area contributed by atoms with E-state index in [0.717, 1.165) is 19.3 Å². The van der Waals surface area contributed by atoms with E-state index in [1.165, 1.54) is 32.1 Å². The summed E-state index contributed by atoms with van der Waals surface area (Å²) in [4.78, 5) is 0. The van der Waals surface area contributed by atoms with Gasteiger partial charge in [-0.05, 0) is 110 Å². The lowest BCUT2D eigenvalue weighted by molar-refractivity contribution is -0.267. The van der Waals surface area contributed by atoms with Crippen LogP contribution >= 0.6 is 0 Å². The summed E-state index contributed by atoms with van der Waals surface area (Å²) in [6.45, 7) is 19.7. The molecule has 2 nitrogen and oxygen atoms in total. The van der Waals surface area contributed by atoms with Gasteiger partial charge in [-0.15, -0.1) is 0 Å². The van der Waals surface area contributed by atoms with E-state index in [0.29, 0.717) is 35.0 Å². The lowest BCUT2D eigenvalue weighted by atomic mass is 9.31. The van der Waals surface area contributed by atoms with Gasteiger partial charge in [-0.25, -0.2) is 0 Å². The van der Waals surface area contributed by atoms with Gasteiger partial charge in [0, 0.05) is 5.41 Å². The molecular formula is C30H50O2. The molecule has 32 heavy (non-hydrogen) atoms. The highest BCUT2D eigenvalue weighted by Crippen LogP contribution is 2.76. The minimum absolute atomic E-state index is 0.0104. The quantitative estimate of drug-likeness (QED) is 0.397. The first-order valence-electron chi connectivity index (χ1n) is 13.8. The van der Waals surface area contributed by atoms with Gasteiger partial charge in [0.15, 0.2) is 0 Å². The molecule has 0 saturated heterocycles. The smallest absolute Gasteiger partial charge is 0.0605 e. The predicted molar refractivity (Wildman–Crippen MR) is 132 cm³/mol. The predicted octanol–water partition coefficient (Wildman–Crippen LogP) is 7.00. The Bertz CT molecular complexity index is 814. The first kappa shape index (κ1) is 23.4. The molecule has 0 radical (unpaired) electrons. The van der Waals surface area contributed by atoms with E-state index in [4.69, 9.17) is 0 Å². The fourth-order valence-corrected chi connectivity index (χ4v) is 11.3. The van der Waals surface area contributed by atoms with Crippen LogP contribution in [0.2, 0.25) is 0 Å². The third-order valence-electron chi connectivity index (χ3n) is 13.6. The number of fused-ring (bicyclic) bond motifs is 7. The Labute approximate surface area is 197 Å². The van der Waals surface area contributed by atoms with Gasteiger partial charge >= 0.3 is 0 Å². The summed E-state index contributed by atoms with van der Waals surface area (Å²) < 4.78 is 0.